The number of hydrogen-bond donors (Lipinski definition) is 1. The van der Waals surface area contributed by atoms with E-state index in [-0.39, 0.29) is 0 Å². The molecule has 1 aliphatic heterocycles. The highest BCUT2D eigenvalue weighted by Crippen LogP contribution is 2.27. The van der Waals surface area contributed by atoms with Crippen molar-refractivity contribution in [3.05, 3.63) is 41.2 Å². The summed E-state index contributed by atoms with van der Waals surface area (Å²) in [7, 11) is 0. The molecule has 0 fully saturated rings. The molecule has 0 unspecified atom stereocenters. The van der Waals surface area contributed by atoms with E-state index < -0.39 is 0 Å². The maximum absolute atomic E-state index is 4.70. The summed E-state index contributed by atoms with van der Waals surface area (Å²) in [5.41, 5.74) is 4.82. The van der Waals surface area contributed by atoms with Crippen molar-refractivity contribution in [2.75, 3.05) is 6.54 Å². The van der Waals surface area contributed by atoms with E-state index in [1.54, 1.807) is 11.3 Å². The van der Waals surface area contributed by atoms with Gasteiger partial charge in [0.25, 0.3) is 0 Å². The van der Waals surface area contributed by atoms with Gasteiger partial charge in [-0.3, -0.25) is 0 Å². The van der Waals surface area contributed by atoms with Crippen LogP contribution in [0.25, 0.3) is 15.3 Å². The summed E-state index contributed by atoms with van der Waals surface area (Å²) in [5, 5.41) is 9.06. The molecule has 0 atom stereocenters. The lowest BCUT2D eigenvalue weighted by atomic mass is 10.1. The Kier molecular flexibility index (Phi) is 2.43. The van der Waals surface area contributed by atoms with Crippen molar-refractivity contribution >= 4 is 21.6 Å². The summed E-state index contributed by atoms with van der Waals surface area (Å²) in [6.07, 6.45) is 1.02. The quantitative estimate of drug-likeness (QED) is 0.738. The van der Waals surface area contributed by atoms with E-state index >= 15 is 0 Å². The number of aryl methyl sites for hydroxylation is 1. The average molecular weight is 270 g/mol. The highest BCUT2D eigenvalue weighted by atomic mass is 32.1. The van der Waals surface area contributed by atoms with Crippen LogP contribution in [0.5, 0.6) is 0 Å². The highest BCUT2D eigenvalue weighted by Gasteiger charge is 2.20. The number of nitrogens with one attached hydrogen (secondary N) is 1. The molecule has 1 N–H and O–H groups in total. The summed E-state index contributed by atoms with van der Waals surface area (Å²) in [6.45, 7) is 4.02. The third-order valence-electron chi connectivity index (χ3n) is 3.59. The Morgan fingerprint density at radius 3 is 3.11 bits per heavy atom. The minimum absolute atomic E-state index is 0.923. The lowest BCUT2D eigenvalue weighted by molar-refractivity contribution is 0.622. The second kappa shape index (κ2) is 4.15. The van der Waals surface area contributed by atoms with Gasteiger partial charge < -0.3 is 5.32 Å². The largest absolute Gasteiger partial charge is 0.312 e. The summed E-state index contributed by atoms with van der Waals surface area (Å²) in [4.78, 5) is 4.70. The van der Waals surface area contributed by atoms with E-state index in [4.69, 9.17) is 4.98 Å². The lowest BCUT2D eigenvalue weighted by Crippen LogP contribution is -2.24. The molecular weight excluding hydrogens is 256 g/mol. The number of rotatable bonds is 1. The second-order valence-corrected chi connectivity index (χ2v) is 5.82. The van der Waals surface area contributed by atoms with Gasteiger partial charge in [-0.25, -0.2) is 9.67 Å². The van der Waals surface area contributed by atoms with Gasteiger partial charge in [0.05, 0.1) is 21.6 Å². The molecule has 0 bridgehead atoms. The van der Waals surface area contributed by atoms with Gasteiger partial charge in [-0.1, -0.05) is 23.5 Å². The van der Waals surface area contributed by atoms with Gasteiger partial charge in [0.2, 0.25) is 5.13 Å². The Hall–Kier alpha value is -1.72. The highest BCUT2D eigenvalue weighted by molar-refractivity contribution is 7.20. The molecule has 1 aromatic carbocycles. The number of nitrogens with zero attached hydrogens (tertiary/aromatic N) is 3. The molecule has 96 valence electrons. The Morgan fingerprint density at radius 1 is 1.32 bits per heavy atom. The topological polar surface area (TPSA) is 42.7 Å². The smallest absolute Gasteiger partial charge is 0.211 e. The maximum atomic E-state index is 4.70. The summed E-state index contributed by atoms with van der Waals surface area (Å²) < 4.78 is 3.25. The van der Waals surface area contributed by atoms with Crippen LogP contribution in [0.15, 0.2) is 24.3 Å². The number of hydrogen-bond acceptors (Lipinski definition) is 4. The third-order valence-corrected chi connectivity index (χ3v) is 4.61. The third kappa shape index (κ3) is 1.69. The number of fused-ring (bicyclic) bond motifs is 2. The number of thiazole rings is 1. The number of para-hydroxylation sites is 1. The van der Waals surface area contributed by atoms with E-state index in [0.717, 1.165) is 35.9 Å². The molecule has 4 rings (SSSR count). The molecule has 0 radical (unpaired) electrons. The molecule has 3 aromatic rings. The van der Waals surface area contributed by atoms with Gasteiger partial charge >= 0.3 is 0 Å². The number of benzene rings is 1. The standard InChI is InChI=1S/C14H14N4S/c1-9-10-8-15-7-6-12(10)18(17-9)14-16-11-4-2-3-5-13(11)19-14/h2-5,15H,6-8H2,1H3. The fraction of sp³-hybridized carbons (Fsp3) is 0.286. The molecule has 1 aliphatic rings. The van der Waals surface area contributed by atoms with Crippen molar-refractivity contribution in [2.45, 2.75) is 19.9 Å². The minimum Gasteiger partial charge on any atom is -0.312 e. The molecule has 2 aromatic heterocycles. The van der Waals surface area contributed by atoms with E-state index in [9.17, 15) is 0 Å². The lowest BCUT2D eigenvalue weighted by Gasteiger charge is -2.14. The zero-order chi connectivity index (χ0) is 12.8. The Balaban J connectivity index is 1.92. The van der Waals surface area contributed by atoms with Gasteiger partial charge in [0.15, 0.2) is 0 Å². The molecule has 0 saturated carbocycles. The van der Waals surface area contributed by atoms with Crippen LogP contribution in [0.3, 0.4) is 0 Å². The minimum atomic E-state index is 0.923. The zero-order valence-corrected chi connectivity index (χ0v) is 11.5. The van der Waals surface area contributed by atoms with E-state index in [1.165, 1.54) is 16.0 Å². The van der Waals surface area contributed by atoms with Gasteiger partial charge in [0.1, 0.15) is 0 Å². The molecule has 0 saturated heterocycles. The Bertz CT molecular complexity index is 723. The fourth-order valence-corrected chi connectivity index (χ4v) is 3.57. The van der Waals surface area contributed by atoms with Crippen molar-refractivity contribution in [3.63, 3.8) is 0 Å². The fourth-order valence-electron chi connectivity index (χ4n) is 2.62. The SMILES string of the molecule is Cc1nn(-c2nc3ccccc3s2)c2c1CNCC2. The maximum Gasteiger partial charge on any atom is 0.211 e. The predicted octanol–water partition coefficient (Wildman–Crippen LogP) is 2.44. The summed E-state index contributed by atoms with van der Waals surface area (Å²) >= 11 is 1.71. The first kappa shape index (κ1) is 11.1. The Labute approximate surface area is 115 Å². The molecule has 4 nitrogen and oxygen atoms in total. The first-order chi connectivity index (χ1) is 9.33. The first-order valence-corrected chi connectivity index (χ1v) is 7.28. The first-order valence-electron chi connectivity index (χ1n) is 6.47. The molecular formula is C14H14N4S. The van der Waals surface area contributed by atoms with Crippen molar-refractivity contribution in [2.24, 2.45) is 0 Å². The number of aromatic nitrogens is 3. The van der Waals surface area contributed by atoms with Gasteiger partial charge in [0, 0.05) is 25.1 Å². The van der Waals surface area contributed by atoms with E-state index in [2.05, 4.69) is 35.5 Å². The van der Waals surface area contributed by atoms with Crippen LogP contribution in [-0.2, 0) is 13.0 Å². The molecule has 0 spiro atoms. The molecule has 0 aliphatic carbocycles. The predicted molar refractivity (Wildman–Crippen MR) is 76.9 cm³/mol. The monoisotopic (exact) mass is 270 g/mol. The molecule has 19 heavy (non-hydrogen) atoms. The average Bonchev–Trinajstić information content (AvgIpc) is 3.01. The van der Waals surface area contributed by atoms with Crippen LogP contribution in [0.2, 0.25) is 0 Å². The molecule has 0 amide bonds. The van der Waals surface area contributed by atoms with Gasteiger partial charge in [-0.15, -0.1) is 0 Å². The normalized spacial score (nSPS) is 14.8. The van der Waals surface area contributed by atoms with Gasteiger partial charge in [-0.2, -0.15) is 5.10 Å². The van der Waals surface area contributed by atoms with Crippen molar-refractivity contribution in [1.29, 1.82) is 0 Å². The summed E-state index contributed by atoms with van der Waals surface area (Å²) in [5.74, 6) is 0. The van der Waals surface area contributed by atoms with Crippen LogP contribution in [-0.4, -0.2) is 21.3 Å². The van der Waals surface area contributed by atoms with Crippen molar-refractivity contribution < 1.29 is 0 Å². The van der Waals surface area contributed by atoms with Crippen LogP contribution < -0.4 is 5.32 Å². The molecule has 3 heterocycles. The van der Waals surface area contributed by atoms with Crippen LogP contribution in [0.4, 0.5) is 0 Å². The van der Waals surface area contributed by atoms with E-state index in [1.807, 2.05) is 10.7 Å². The van der Waals surface area contributed by atoms with Gasteiger partial charge in [-0.05, 0) is 19.1 Å². The van der Waals surface area contributed by atoms with Crippen LogP contribution in [0, 0.1) is 6.92 Å². The van der Waals surface area contributed by atoms with Crippen molar-refractivity contribution in [1.82, 2.24) is 20.1 Å². The second-order valence-electron chi connectivity index (χ2n) is 4.81. The zero-order valence-electron chi connectivity index (χ0n) is 10.7. The summed E-state index contributed by atoms with van der Waals surface area (Å²) in [6, 6.07) is 8.25. The van der Waals surface area contributed by atoms with Crippen molar-refractivity contribution in [3.8, 4) is 5.13 Å². The van der Waals surface area contributed by atoms with Crippen LogP contribution in [0.1, 0.15) is 17.0 Å². The molecule has 5 heteroatoms. The van der Waals surface area contributed by atoms with Crippen LogP contribution >= 0.6 is 11.3 Å². The van der Waals surface area contributed by atoms with E-state index in [0.29, 0.717) is 0 Å². The Morgan fingerprint density at radius 2 is 2.21 bits per heavy atom.